The van der Waals surface area contributed by atoms with E-state index in [0.29, 0.717) is 13.1 Å². The van der Waals surface area contributed by atoms with Gasteiger partial charge in [0.05, 0.1) is 5.69 Å². The van der Waals surface area contributed by atoms with Crippen molar-refractivity contribution in [2.45, 2.75) is 25.7 Å². The molecule has 2 aromatic rings. The Morgan fingerprint density at radius 3 is 2.76 bits per heavy atom. The van der Waals surface area contributed by atoms with Crippen molar-refractivity contribution in [3.63, 3.8) is 0 Å². The second kappa shape index (κ2) is 8.02. The highest BCUT2D eigenvalue weighted by Crippen LogP contribution is 2.31. The van der Waals surface area contributed by atoms with Gasteiger partial charge in [0.15, 0.2) is 5.82 Å². The predicted molar refractivity (Wildman–Crippen MR) is 94.7 cm³/mol. The molecule has 0 saturated carbocycles. The number of pyridine rings is 1. The van der Waals surface area contributed by atoms with Gasteiger partial charge in [0.25, 0.3) is 0 Å². The number of methoxy groups -OCH3 is 1. The van der Waals surface area contributed by atoms with Crippen LogP contribution >= 0.6 is 0 Å². The Morgan fingerprint density at radius 2 is 2.04 bits per heavy atom. The summed E-state index contributed by atoms with van der Waals surface area (Å²) >= 11 is 0. The van der Waals surface area contributed by atoms with Crippen molar-refractivity contribution in [1.29, 1.82) is 0 Å². The number of ether oxygens (including phenoxy) is 1. The molecule has 7 nitrogen and oxygen atoms in total. The molecule has 1 aliphatic rings. The summed E-state index contributed by atoms with van der Waals surface area (Å²) in [4.78, 5) is 27.2. The third kappa shape index (κ3) is 4.30. The van der Waals surface area contributed by atoms with Crippen LogP contribution in [0.2, 0.25) is 0 Å². The number of carbonyl (C=O) groups excluding carboxylic acids is 1. The molecule has 1 aliphatic heterocycles. The van der Waals surface area contributed by atoms with Gasteiger partial charge in [0.1, 0.15) is 12.4 Å². The first kappa shape index (κ1) is 17.3. The lowest BCUT2D eigenvalue weighted by atomic mass is 9.93. The fourth-order valence-electron chi connectivity index (χ4n) is 3.09. The summed E-state index contributed by atoms with van der Waals surface area (Å²) < 4.78 is 4.93. The second-order valence-electron chi connectivity index (χ2n) is 6.17. The third-order valence-corrected chi connectivity index (χ3v) is 4.36. The number of carbonyl (C=O) groups is 1. The molecule has 25 heavy (non-hydrogen) atoms. The van der Waals surface area contributed by atoms with Gasteiger partial charge in [-0.15, -0.1) is 0 Å². The predicted octanol–water partition coefficient (Wildman–Crippen LogP) is 2.28. The molecular weight excluding hydrogens is 318 g/mol. The largest absolute Gasteiger partial charge is 0.375 e. The van der Waals surface area contributed by atoms with E-state index in [9.17, 15) is 4.79 Å². The lowest BCUT2D eigenvalue weighted by Gasteiger charge is -2.32. The number of nitrogens with one attached hydrogen (secondary N) is 1. The van der Waals surface area contributed by atoms with Crippen LogP contribution in [0.25, 0.3) is 0 Å². The van der Waals surface area contributed by atoms with Crippen molar-refractivity contribution in [2.75, 3.05) is 32.1 Å². The summed E-state index contributed by atoms with van der Waals surface area (Å²) in [6.45, 7) is 3.52. The number of aromatic nitrogens is 3. The van der Waals surface area contributed by atoms with Crippen LogP contribution in [-0.2, 0) is 9.53 Å². The van der Waals surface area contributed by atoms with E-state index in [-0.39, 0.29) is 18.4 Å². The fourth-order valence-corrected chi connectivity index (χ4v) is 3.09. The first-order valence-corrected chi connectivity index (χ1v) is 8.45. The van der Waals surface area contributed by atoms with Gasteiger partial charge in [-0.3, -0.25) is 9.78 Å². The van der Waals surface area contributed by atoms with E-state index in [0.717, 1.165) is 35.9 Å². The van der Waals surface area contributed by atoms with E-state index >= 15 is 0 Å². The van der Waals surface area contributed by atoms with E-state index in [1.165, 1.54) is 0 Å². The molecule has 3 heterocycles. The number of likely N-dealkylation sites (tertiary alicyclic amines) is 1. The zero-order valence-electron chi connectivity index (χ0n) is 14.6. The minimum absolute atomic E-state index is 0.0439. The van der Waals surface area contributed by atoms with E-state index in [4.69, 9.17) is 4.74 Å². The number of piperidine rings is 1. The molecule has 1 saturated heterocycles. The summed E-state index contributed by atoms with van der Waals surface area (Å²) in [5, 5.41) is 3.28. The van der Waals surface area contributed by atoms with Gasteiger partial charge in [0.2, 0.25) is 5.91 Å². The molecule has 0 bridgehead atoms. The summed E-state index contributed by atoms with van der Waals surface area (Å²) in [5.74, 6) is 1.81. The highest BCUT2D eigenvalue weighted by atomic mass is 16.5. The van der Waals surface area contributed by atoms with Gasteiger partial charge in [0, 0.05) is 44.2 Å². The maximum atomic E-state index is 11.9. The van der Waals surface area contributed by atoms with Gasteiger partial charge in [-0.05, 0) is 31.9 Å². The van der Waals surface area contributed by atoms with Crippen LogP contribution in [0.3, 0.4) is 0 Å². The van der Waals surface area contributed by atoms with Crippen molar-refractivity contribution < 1.29 is 9.53 Å². The molecule has 3 rings (SSSR count). The van der Waals surface area contributed by atoms with Gasteiger partial charge < -0.3 is 15.0 Å². The van der Waals surface area contributed by atoms with E-state index in [1.54, 1.807) is 19.5 Å². The SMILES string of the molecule is COCC(=O)N1CCC(c2nccnc2Nc2cccc(C)n2)CC1. The number of anilines is 2. The summed E-state index contributed by atoms with van der Waals surface area (Å²) in [5.41, 5.74) is 1.88. The highest BCUT2D eigenvalue weighted by Gasteiger charge is 2.26. The van der Waals surface area contributed by atoms with Gasteiger partial charge in [-0.25, -0.2) is 9.97 Å². The standard InChI is InChI=1S/C18H23N5O2/c1-13-4-3-5-15(21-13)22-18-17(19-8-9-20-18)14-6-10-23(11-7-14)16(24)12-25-2/h3-5,8-9,14H,6-7,10-12H2,1-2H3,(H,20,21,22). The molecule has 0 radical (unpaired) electrons. The topological polar surface area (TPSA) is 80.2 Å². The van der Waals surface area contributed by atoms with Gasteiger partial charge in [-0.2, -0.15) is 0 Å². The van der Waals surface area contributed by atoms with E-state index < -0.39 is 0 Å². The number of amides is 1. The van der Waals surface area contributed by atoms with Crippen LogP contribution in [0, 0.1) is 6.92 Å². The molecule has 132 valence electrons. The third-order valence-electron chi connectivity index (χ3n) is 4.36. The van der Waals surface area contributed by atoms with E-state index in [2.05, 4.69) is 20.3 Å². The normalized spacial score (nSPS) is 15.2. The maximum absolute atomic E-state index is 11.9. The monoisotopic (exact) mass is 341 g/mol. The number of hydrogen-bond acceptors (Lipinski definition) is 6. The molecule has 2 aromatic heterocycles. The van der Waals surface area contributed by atoms with Gasteiger partial charge in [-0.1, -0.05) is 6.07 Å². The van der Waals surface area contributed by atoms with Crippen LogP contribution < -0.4 is 5.32 Å². The molecule has 0 unspecified atom stereocenters. The fraction of sp³-hybridized carbons (Fsp3) is 0.444. The van der Waals surface area contributed by atoms with Crippen LogP contribution in [0.4, 0.5) is 11.6 Å². The Labute approximate surface area is 147 Å². The van der Waals surface area contributed by atoms with Crippen LogP contribution in [0.5, 0.6) is 0 Å². The van der Waals surface area contributed by atoms with E-state index in [1.807, 2.05) is 30.0 Å². The number of aryl methyl sites for hydroxylation is 1. The van der Waals surface area contributed by atoms with Crippen molar-refractivity contribution in [1.82, 2.24) is 19.9 Å². The Bertz CT molecular complexity index is 729. The average molecular weight is 341 g/mol. The minimum atomic E-state index is 0.0439. The van der Waals surface area contributed by atoms with Crippen LogP contribution in [0.1, 0.15) is 30.1 Å². The Hall–Kier alpha value is -2.54. The molecule has 0 aromatic carbocycles. The molecular formula is C18H23N5O2. The molecule has 1 amide bonds. The van der Waals surface area contributed by atoms with Crippen LogP contribution in [0.15, 0.2) is 30.6 Å². The average Bonchev–Trinajstić information content (AvgIpc) is 2.63. The zero-order chi connectivity index (χ0) is 17.6. The highest BCUT2D eigenvalue weighted by molar-refractivity contribution is 5.77. The molecule has 0 atom stereocenters. The van der Waals surface area contributed by atoms with Crippen LogP contribution in [-0.4, -0.2) is 52.6 Å². The first-order valence-electron chi connectivity index (χ1n) is 8.45. The first-order chi connectivity index (χ1) is 12.2. The maximum Gasteiger partial charge on any atom is 0.248 e. The van der Waals surface area contributed by atoms with Crippen molar-refractivity contribution in [3.05, 3.63) is 42.0 Å². The Balaban J connectivity index is 1.70. The number of rotatable bonds is 5. The molecule has 0 aliphatic carbocycles. The number of hydrogen-bond donors (Lipinski definition) is 1. The quantitative estimate of drug-likeness (QED) is 0.899. The molecule has 0 spiro atoms. The zero-order valence-corrected chi connectivity index (χ0v) is 14.6. The molecule has 7 heteroatoms. The number of nitrogens with zero attached hydrogens (tertiary/aromatic N) is 4. The summed E-state index contributed by atoms with van der Waals surface area (Å²) in [7, 11) is 1.54. The lowest BCUT2D eigenvalue weighted by Crippen LogP contribution is -2.40. The lowest BCUT2D eigenvalue weighted by molar-refractivity contribution is -0.136. The minimum Gasteiger partial charge on any atom is -0.375 e. The Kier molecular flexibility index (Phi) is 5.55. The van der Waals surface area contributed by atoms with Gasteiger partial charge >= 0.3 is 0 Å². The summed E-state index contributed by atoms with van der Waals surface area (Å²) in [6, 6.07) is 5.83. The smallest absolute Gasteiger partial charge is 0.248 e. The molecule has 1 N–H and O–H groups in total. The summed E-state index contributed by atoms with van der Waals surface area (Å²) in [6.07, 6.45) is 5.12. The second-order valence-corrected chi connectivity index (χ2v) is 6.17. The van der Waals surface area contributed by atoms with Crippen molar-refractivity contribution in [3.8, 4) is 0 Å². The van der Waals surface area contributed by atoms with Crippen molar-refractivity contribution >= 4 is 17.5 Å². The molecule has 1 fully saturated rings. The Morgan fingerprint density at radius 1 is 1.28 bits per heavy atom. The van der Waals surface area contributed by atoms with Crippen molar-refractivity contribution in [2.24, 2.45) is 0 Å².